The van der Waals surface area contributed by atoms with Gasteiger partial charge in [0.15, 0.2) is 0 Å². The Kier molecular flexibility index (Phi) is 7.30. The van der Waals surface area contributed by atoms with Crippen molar-refractivity contribution in [2.75, 3.05) is 45.9 Å². The number of rotatable bonds is 6. The molecule has 5 heteroatoms. The highest BCUT2D eigenvalue weighted by atomic mass is 16.5. The first-order valence-corrected chi connectivity index (χ1v) is 8.66. The molecule has 2 rings (SSSR count). The van der Waals surface area contributed by atoms with Crippen molar-refractivity contribution in [2.24, 2.45) is 0 Å². The molecule has 0 aromatic carbocycles. The molecule has 0 aromatic heterocycles. The van der Waals surface area contributed by atoms with Crippen LogP contribution in [0.15, 0.2) is 0 Å². The van der Waals surface area contributed by atoms with Gasteiger partial charge < -0.3 is 19.9 Å². The van der Waals surface area contributed by atoms with Crippen molar-refractivity contribution in [3.63, 3.8) is 0 Å². The first-order valence-electron chi connectivity index (χ1n) is 8.66. The van der Waals surface area contributed by atoms with Crippen LogP contribution in [0.5, 0.6) is 0 Å². The number of likely N-dealkylation sites (N-methyl/N-ethyl adjacent to an activating group) is 1. The maximum atomic E-state index is 12.0. The molecule has 1 aliphatic carbocycles. The third kappa shape index (κ3) is 5.83. The Hall–Kier alpha value is -0.810. The van der Waals surface area contributed by atoms with Crippen LogP contribution in [0.25, 0.3) is 0 Å². The zero-order chi connectivity index (χ0) is 14.9. The number of hydrogen-bond acceptors (Lipinski definition) is 3. The van der Waals surface area contributed by atoms with Crippen LogP contribution >= 0.6 is 0 Å². The summed E-state index contributed by atoms with van der Waals surface area (Å²) in [5.41, 5.74) is 0. The molecule has 0 radical (unpaired) electrons. The molecule has 2 amide bonds. The standard InChI is InChI=1S/C16H31N3O2/c1-2-18-10-12-19(13-11-18)16(20)17-9-6-14-21-15-7-4-3-5-8-15/h15H,2-14H2,1H3,(H,17,20). The lowest BCUT2D eigenvalue weighted by molar-refractivity contribution is 0.0274. The van der Waals surface area contributed by atoms with Gasteiger partial charge in [0.2, 0.25) is 0 Å². The van der Waals surface area contributed by atoms with Gasteiger partial charge in [-0.25, -0.2) is 4.79 Å². The topological polar surface area (TPSA) is 44.8 Å². The van der Waals surface area contributed by atoms with Gasteiger partial charge in [-0.05, 0) is 25.8 Å². The monoisotopic (exact) mass is 297 g/mol. The highest BCUT2D eigenvalue weighted by Gasteiger charge is 2.19. The van der Waals surface area contributed by atoms with E-state index < -0.39 is 0 Å². The van der Waals surface area contributed by atoms with E-state index in [1.807, 2.05) is 4.90 Å². The second-order valence-electron chi connectivity index (χ2n) is 6.14. The van der Waals surface area contributed by atoms with Gasteiger partial charge in [0.1, 0.15) is 0 Å². The molecule has 5 nitrogen and oxygen atoms in total. The largest absolute Gasteiger partial charge is 0.378 e. The van der Waals surface area contributed by atoms with Crippen LogP contribution in [-0.2, 0) is 4.74 Å². The van der Waals surface area contributed by atoms with Crippen LogP contribution in [0.1, 0.15) is 45.4 Å². The molecule has 0 bridgehead atoms. The summed E-state index contributed by atoms with van der Waals surface area (Å²) in [6.07, 6.45) is 7.80. The molecule has 1 saturated carbocycles. The highest BCUT2D eigenvalue weighted by molar-refractivity contribution is 5.74. The van der Waals surface area contributed by atoms with Gasteiger partial charge in [-0.3, -0.25) is 0 Å². The van der Waals surface area contributed by atoms with Crippen molar-refractivity contribution < 1.29 is 9.53 Å². The van der Waals surface area contributed by atoms with Gasteiger partial charge >= 0.3 is 6.03 Å². The fourth-order valence-electron chi connectivity index (χ4n) is 3.13. The van der Waals surface area contributed by atoms with Gasteiger partial charge in [-0.15, -0.1) is 0 Å². The molecule has 2 aliphatic rings. The number of ether oxygens (including phenoxy) is 1. The SMILES string of the molecule is CCN1CCN(C(=O)NCCCOC2CCCCC2)CC1. The number of carbonyl (C=O) groups is 1. The minimum absolute atomic E-state index is 0.0865. The number of amides is 2. The first kappa shape index (κ1) is 16.6. The lowest BCUT2D eigenvalue weighted by Gasteiger charge is -2.34. The number of nitrogens with one attached hydrogen (secondary N) is 1. The molecule has 1 saturated heterocycles. The Labute approximate surface area is 129 Å². The number of piperazine rings is 1. The Morgan fingerprint density at radius 1 is 1.14 bits per heavy atom. The smallest absolute Gasteiger partial charge is 0.317 e. The zero-order valence-corrected chi connectivity index (χ0v) is 13.5. The molecular weight excluding hydrogens is 266 g/mol. The predicted octanol–water partition coefficient (Wildman–Crippen LogP) is 2.07. The second-order valence-corrected chi connectivity index (χ2v) is 6.14. The Morgan fingerprint density at radius 2 is 1.86 bits per heavy atom. The molecule has 1 aliphatic heterocycles. The van der Waals surface area contributed by atoms with Crippen molar-refractivity contribution in [3.05, 3.63) is 0 Å². The number of urea groups is 1. The molecule has 0 aromatic rings. The van der Waals surface area contributed by atoms with E-state index in [4.69, 9.17) is 4.74 Å². The van der Waals surface area contributed by atoms with Crippen LogP contribution in [0, 0.1) is 0 Å². The Morgan fingerprint density at radius 3 is 2.52 bits per heavy atom. The van der Waals surface area contributed by atoms with Gasteiger partial charge in [-0.1, -0.05) is 26.2 Å². The molecule has 0 spiro atoms. The predicted molar refractivity (Wildman–Crippen MR) is 84.5 cm³/mol. The summed E-state index contributed by atoms with van der Waals surface area (Å²) in [5.74, 6) is 0. The average Bonchev–Trinajstić information content (AvgIpc) is 2.55. The van der Waals surface area contributed by atoms with Gasteiger partial charge in [-0.2, -0.15) is 0 Å². The van der Waals surface area contributed by atoms with Crippen LogP contribution in [-0.4, -0.2) is 67.8 Å². The fraction of sp³-hybridized carbons (Fsp3) is 0.938. The number of hydrogen-bond donors (Lipinski definition) is 1. The second kappa shape index (κ2) is 9.26. The maximum Gasteiger partial charge on any atom is 0.317 e. The normalized spacial score (nSPS) is 21.5. The summed E-state index contributed by atoms with van der Waals surface area (Å²) < 4.78 is 5.87. The summed E-state index contributed by atoms with van der Waals surface area (Å²) in [6.45, 7) is 8.42. The summed E-state index contributed by atoms with van der Waals surface area (Å²) in [4.78, 5) is 16.3. The minimum Gasteiger partial charge on any atom is -0.378 e. The number of nitrogens with zero attached hydrogens (tertiary/aromatic N) is 2. The summed E-state index contributed by atoms with van der Waals surface area (Å²) in [5, 5.41) is 3.01. The maximum absolute atomic E-state index is 12.0. The molecule has 122 valence electrons. The molecule has 1 N–H and O–H groups in total. The van der Waals surface area contributed by atoms with E-state index in [9.17, 15) is 4.79 Å². The highest BCUT2D eigenvalue weighted by Crippen LogP contribution is 2.20. The summed E-state index contributed by atoms with van der Waals surface area (Å²) in [6, 6.07) is 0.0865. The lowest BCUT2D eigenvalue weighted by atomic mass is 9.98. The molecule has 21 heavy (non-hydrogen) atoms. The van der Waals surface area contributed by atoms with E-state index in [1.54, 1.807) is 0 Å². The van der Waals surface area contributed by atoms with Crippen LogP contribution in [0.4, 0.5) is 4.79 Å². The third-order valence-corrected chi connectivity index (χ3v) is 4.61. The minimum atomic E-state index is 0.0865. The average molecular weight is 297 g/mol. The van der Waals surface area contributed by atoms with Crippen LogP contribution in [0.2, 0.25) is 0 Å². The third-order valence-electron chi connectivity index (χ3n) is 4.61. The molecular formula is C16H31N3O2. The van der Waals surface area contributed by atoms with E-state index in [1.165, 1.54) is 32.1 Å². The van der Waals surface area contributed by atoms with Crippen molar-refractivity contribution in [3.8, 4) is 0 Å². The Balaban J connectivity index is 1.49. The van der Waals surface area contributed by atoms with Crippen LogP contribution < -0.4 is 5.32 Å². The first-order chi connectivity index (χ1) is 10.3. The van der Waals surface area contributed by atoms with Crippen molar-refractivity contribution in [2.45, 2.75) is 51.6 Å². The Bertz CT molecular complexity index is 298. The van der Waals surface area contributed by atoms with Gasteiger partial charge in [0.25, 0.3) is 0 Å². The zero-order valence-electron chi connectivity index (χ0n) is 13.5. The van der Waals surface area contributed by atoms with E-state index in [0.717, 1.165) is 52.3 Å². The van der Waals surface area contributed by atoms with Gasteiger partial charge in [0, 0.05) is 39.3 Å². The molecule has 0 atom stereocenters. The molecule has 1 heterocycles. The van der Waals surface area contributed by atoms with Crippen LogP contribution in [0.3, 0.4) is 0 Å². The fourth-order valence-corrected chi connectivity index (χ4v) is 3.13. The van der Waals surface area contributed by atoms with E-state index in [-0.39, 0.29) is 6.03 Å². The van der Waals surface area contributed by atoms with E-state index in [0.29, 0.717) is 6.10 Å². The van der Waals surface area contributed by atoms with Crippen molar-refractivity contribution >= 4 is 6.03 Å². The van der Waals surface area contributed by atoms with Crippen molar-refractivity contribution in [1.29, 1.82) is 0 Å². The van der Waals surface area contributed by atoms with Crippen molar-refractivity contribution in [1.82, 2.24) is 15.1 Å². The quantitative estimate of drug-likeness (QED) is 0.763. The summed E-state index contributed by atoms with van der Waals surface area (Å²) >= 11 is 0. The molecule has 0 unspecified atom stereocenters. The van der Waals surface area contributed by atoms with Gasteiger partial charge in [0.05, 0.1) is 6.10 Å². The van der Waals surface area contributed by atoms with E-state index in [2.05, 4.69) is 17.1 Å². The lowest BCUT2D eigenvalue weighted by Crippen LogP contribution is -2.51. The number of carbonyl (C=O) groups excluding carboxylic acids is 1. The van der Waals surface area contributed by atoms with E-state index >= 15 is 0 Å². The summed E-state index contributed by atoms with van der Waals surface area (Å²) in [7, 11) is 0. The molecule has 2 fully saturated rings.